The Morgan fingerprint density at radius 3 is 1.48 bits per heavy atom. The highest BCUT2D eigenvalue weighted by Gasteiger charge is 2.02. The maximum atomic E-state index is 10.9. The molecule has 0 amide bonds. The van der Waals surface area contributed by atoms with E-state index < -0.39 is 5.97 Å². The highest BCUT2D eigenvalue weighted by Crippen LogP contribution is 2.18. The van der Waals surface area contributed by atoms with E-state index >= 15 is 0 Å². The third-order valence-electron chi connectivity index (χ3n) is 4.03. The second-order valence-corrected chi connectivity index (χ2v) is 6.18. The van der Waals surface area contributed by atoms with E-state index in [0.717, 1.165) is 31.3 Å². The Morgan fingerprint density at radius 2 is 1.10 bits per heavy atom. The molecular weight excluding hydrogens is 260 g/mol. The van der Waals surface area contributed by atoms with Crippen LogP contribution in [0.25, 0.3) is 0 Å². The maximum Gasteiger partial charge on any atom is 0.328 e. The van der Waals surface area contributed by atoms with Gasteiger partial charge in [0.25, 0.3) is 0 Å². The van der Waals surface area contributed by atoms with Gasteiger partial charge in [-0.25, -0.2) is 4.79 Å². The molecule has 2 nitrogen and oxygen atoms in total. The van der Waals surface area contributed by atoms with Crippen LogP contribution in [0.15, 0.2) is 11.6 Å². The fourth-order valence-corrected chi connectivity index (χ4v) is 2.71. The Kier molecular flexibility index (Phi) is 15.0. The number of allylic oxidation sites excluding steroid dienone is 1. The second-order valence-electron chi connectivity index (χ2n) is 6.18. The topological polar surface area (TPSA) is 37.3 Å². The summed E-state index contributed by atoms with van der Waals surface area (Å²) < 4.78 is 0. The molecule has 1 N–H and O–H groups in total. The van der Waals surface area contributed by atoms with Gasteiger partial charge >= 0.3 is 5.97 Å². The summed E-state index contributed by atoms with van der Waals surface area (Å²) >= 11 is 0. The molecule has 0 spiro atoms. The molecule has 0 aliphatic carbocycles. The van der Waals surface area contributed by atoms with Crippen molar-refractivity contribution < 1.29 is 9.90 Å². The zero-order chi connectivity index (χ0) is 15.8. The number of carbonyl (C=O) groups is 1. The van der Waals surface area contributed by atoms with E-state index in [1.807, 2.05) is 0 Å². The van der Waals surface area contributed by atoms with Crippen molar-refractivity contribution in [3.05, 3.63) is 11.6 Å². The molecule has 0 saturated carbocycles. The van der Waals surface area contributed by atoms with E-state index in [4.69, 9.17) is 5.11 Å². The first-order valence-electron chi connectivity index (χ1n) is 9.13. The minimum Gasteiger partial charge on any atom is -0.478 e. The molecule has 0 aliphatic heterocycles. The molecule has 0 fully saturated rings. The van der Waals surface area contributed by atoms with Crippen molar-refractivity contribution in [3.63, 3.8) is 0 Å². The molecule has 0 aromatic carbocycles. The van der Waals surface area contributed by atoms with E-state index in [2.05, 4.69) is 13.8 Å². The third-order valence-corrected chi connectivity index (χ3v) is 4.03. The zero-order valence-electron chi connectivity index (χ0n) is 14.3. The predicted molar refractivity (Wildman–Crippen MR) is 91.7 cm³/mol. The van der Waals surface area contributed by atoms with Gasteiger partial charge in [-0.05, 0) is 25.7 Å². The second kappa shape index (κ2) is 15.6. The number of aliphatic carboxylic acids is 1. The molecule has 0 aromatic heterocycles. The molecule has 0 atom stereocenters. The summed E-state index contributed by atoms with van der Waals surface area (Å²) in [7, 11) is 0. The molecular formula is C19H36O2. The van der Waals surface area contributed by atoms with Crippen LogP contribution in [-0.2, 0) is 4.79 Å². The average Bonchev–Trinajstić information content (AvgIpc) is 2.45. The van der Waals surface area contributed by atoms with Gasteiger partial charge in [0.1, 0.15) is 0 Å². The van der Waals surface area contributed by atoms with Crippen LogP contribution in [0, 0.1) is 0 Å². The normalized spacial score (nSPS) is 10.6. The molecule has 0 radical (unpaired) electrons. The number of rotatable bonds is 15. The van der Waals surface area contributed by atoms with Gasteiger partial charge in [0, 0.05) is 6.08 Å². The van der Waals surface area contributed by atoms with Crippen molar-refractivity contribution in [3.8, 4) is 0 Å². The zero-order valence-corrected chi connectivity index (χ0v) is 14.3. The van der Waals surface area contributed by atoms with E-state index in [9.17, 15) is 4.79 Å². The largest absolute Gasteiger partial charge is 0.478 e. The molecule has 0 unspecified atom stereocenters. The highest BCUT2D eigenvalue weighted by atomic mass is 16.4. The molecule has 2 heteroatoms. The number of carboxylic acid groups (broad SMARTS) is 1. The molecule has 0 aliphatic rings. The Bertz CT molecular complexity index is 251. The van der Waals surface area contributed by atoms with E-state index in [-0.39, 0.29) is 0 Å². The Morgan fingerprint density at radius 1 is 0.714 bits per heavy atom. The first-order valence-corrected chi connectivity index (χ1v) is 9.13. The molecule has 21 heavy (non-hydrogen) atoms. The minimum absolute atomic E-state index is 0.776. The molecule has 0 rings (SSSR count). The fraction of sp³-hybridized carbons (Fsp3) is 0.842. The summed E-state index contributed by atoms with van der Waals surface area (Å²) in [6.45, 7) is 4.46. The minimum atomic E-state index is -0.776. The quantitative estimate of drug-likeness (QED) is 0.277. The van der Waals surface area contributed by atoms with Gasteiger partial charge in [-0.1, -0.05) is 83.6 Å². The lowest BCUT2D eigenvalue weighted by molar-refractivity contribution is -0.131. The van der Waals surface area contributed by atoms with Gasteiger partial charge in [-0.3, -0.25) is 0 Å². The van der Waals surface area contributed by atoms with Crippen molar-refractivity contribution in [2.24, 2.45) is 0 Å². The summed E-state index contributed by atoms with van der Waals surface area (Å²) in [5.41, 5.74) is 1.15. The summed E-state index contributed by atoms with van der Waals surface area (Å²) in [5, 5.41) is 8.95. The van der Waals surface area contributed by atoms with Gasteiger partial charge in [0.05, 0.1) is 0 Å². The lowest BCUT2D eigenvalue weighted by Gasteiger charge is -2.07. The van der Waals surface area contributed by atoms with Crippen LogP contribution in [0.4, 0.5) is 0 Å². The Balaban J connectivity index is 3.76. The number of hydrogen-bond acceptors (Lipinski definition) is 1. The summed E-state index contributed by atoms with van der Waals surface area (Å²) in [4.78, 5) is 10.9. The highest BCUT2D eigenvalue weighted by molar-refractivity contribution is 5.80. The van der Waals surface area contributed by atoms with Crippen molar-refractivity contribution >= 4 is 5.97 Å². The first-order chi connectivity index (χ1) is 10.2. The van der Waals surface area contributed by atoms with Crippen LogP contribution in [0.5, 0.6) is 0 Å². The van der Waals surface area contributed by atoms with Crippen LogP contribution >= 0.6 is 0 Å². The standard InChI is InChI=1S/C19H36O2/c1-3-5-7-9-11-13-15-18(17-19(20)21)16-14-12-10-8-6-4-2/h17H,3-16H2,1-2H3,(H,20,21). The molecule has 124 valence electrons. The lowest BCUT2D eigenvalue weighted by atomic mass is 9.99. The van der Waals surface area contributed by atoms with E-state index in [1.54, 1.807) is 0 Å². The van der Waals surface area contributed by atoms with Crippen molar-refractivity contribution in [2.45, 2.75) is 104 Å². The van der Waals surface area contributed by atoms with Crippen LogP contribution in [0.1, 0.15) is 104 Å². The predicted octanol–water partition coefficient (Wildman–Crippen LogP) is 6.50. The maximum absolute atomic E-state index is 10.9. The first kappa shape index (κ1) is 20.2. The van der Waals surface area contributed by atoms with E-state index in [0.29, 0.717) is 0 Å². The van der Waals surface area contributed by atoms with Gasteiger partial charge in [0.15, 0.2) is 0 Å². The Labute approximate surface area is 132 Å². The van der Waals surface area contributed by atoms with Crippen molar-refractivity contribution in [2.75, 3.05) is 0 Å². The molecule has 0 bridgehead atoms. The number of carboxylic acids is 1. The summed E-state index contributed by atoms with van der Waals surface area (Å²) in [5.74, 6) is -0.776. The SMILES string of the molecule is CCCCCCCCC(=CC(=O)O)CCCCCCCC. The lowest BCUT2D eigenvalue weighted by Crippen LogP contribution is -1.94. The molecule has 0 heterocycles. The average molecular weight is 296 g/mol. The fourth-order valence-electron chi connectivity index (χ4n) is 2.71. The van der Waals surface area contributed by atoms with Crippen LogP contribution in [0.2, 0.25) is 0 Å². The Hall–Kier alpha value is -0.790. The van der Waals surface area contributed by atoms with Gasteiger partial charge in [-0.2, -0.15) is 0 Å². The van der Waals surface area contributed by atoms with Crippen LogP contribution < -0.4 is 0 Å². The molecule has 0 aromatic rings. The number of hydrogen-bond donors (Lipinski definition) is 1. The van der Waals surface area contributed by atoms with Crippen molar-refractivity contribution in [1.82, 2.24) is 0 Å². The number of unbranched alkanes of at least 4 members (excludes halogenated alkanes) is 10. The van der Waals surface area contributed by atoms with Crippen LogP contribution in [-0.4, -0.2) is 11.1 Å². The summed E-state index contributed by atoms with van der Waals surface area (Å²) in [6, 6.07) is 0. The smallest absolute Gasteiger partial charge is 0.328 e. The van der Waals surface area contributed by atoms with Gasteiger partial charge in [0.2, 0.25) is 0 Å². The molecule has 0 saturated heterocycles. The monoisotopic (exact) mass is 296 g/mol. The van der Waals surface area contributed by atoms with Crippen molar-refractivity contribution in [1.29, 1.82) is 0 Å². The van der Waals surface area contributed by atoms with Gasteiger partial charge in [-0.15, -0.1) is 0 Å². The third kappa shape index (κ3) is 15.4. The van der Waals surface area contributed by atoms with Crippen LogP contribution in [0.3, 0.4) is 0 Å². The van der Waals surface area contributed by atoms with E-state index in [1.165, 1.54) is 70.3 Å². The summed E-state index contributed by atoms with van der Waals surface area (Å²) in [6.07, 6.45) is 18.7. The van der Waals surface area contributed by atoms with Gasteiger partial charge < -0.3 is 5.11 Å².